The van der Waals surface area contributed by atoms with E-state index in [9.17, 15) is 0 Å². The van der Waals surface area contributed by atoms with Gasteiger partial charge in [-0.05, 0) is 56.4 Å². The lowest BCUT2D eigenvalue weighted by Crippen LogP contribution is -2.59. The van der Waals surface area contributed by atoms with E-state index in [4.69, 9.17) is 0 Å². The van der Waals surface area contributed by atoms with E-state index in [1.54, 1.807) is 11.1 Å². The zero-order chi connectivity index (χ0) is 18.5. The van der Waals surface area contributed by atoms with E-state index in [1.807, 2.05) is 0 Å². The van der Waals surface area contributed by atoms with Gasteiger partial charge in [0.1, 0.15) is 8.24 Å². The van der Waals surface area contributed by atoms with Gasteiger partial charge in [0.15, 0.2) is 0 Å². The van der Waals surface area contributed by atoms with Crippen LogP contribution in [0, 0.1) is 0 Å². The van der Waals surface area contributed by atoms with Crippen LogP contribution in [-0.4, -0.2) is 13.8 Å². The second kappa shape index (κ2) is 8.51. The molecule has 1 nitrogen and oxygen atoms in total. The molecule has 1 N–H and O–H groups in total. The molecule has 138 valence electrons. The van der Waals surface area contributed by atoms with Crippen molar-refractivity contribution in [2.45, 2.75) is 83.5 Å². The molecule has 0 aliphatic heterocycles. The third-order valence-corrected chi connectivity index (χ3v) is 9.79. The van der Waals surface area contributed by atoms with Crippen molar-refractivity contribution in [1.29, 1.82) is 0 Å². The van der Waals surface area contributed by atoms with Gasteiger partial charge in [0.05, 0.1) is 0 Å². The first-order chi connectivity index (χ1) is 11.8. The molecule has 1 aromatic rings. The van der Waals surface area contributed by atoms with E-state index in [2.05, 4.69) is 82.2 Å². The minimum absolute atomic E-state index is 0.162. The van der Waals surface area contributed by atoms with Crippen LogP contribution in [0.2, 0.25) is 12.6 Å². The molecule has 0 bridgehead atoms. The summed E-state index contributed by atoms with van der Waals surface area (Å²) in [6.45, 7) is 15.7. The lowest BCUT2D eigenvalue weighted by atomic mass is 10.0. The Hall–Kier alpha value is -1.12. The van der Waals surface area contributed by atoms with Crippen molar-refractivity contribution in [2.24, 2.45) is 0 Å². The molecule has 0 aromatic heterocycles. The predicted octanol–water partition coefficient (Wildman–Crippen LogP) is 6.83. The van der Waals surface area contributed by atoms with Crippen LogP contribution in [0.4, 0.5) is 0 Å². The highest BCUT2D eigenvalue weighted by Crippen LogP contribution is 2.44. The summed E-state index contributed by atoms with van der Waals surface area (Å²) in [7, 11) is -1.68. The maximum atomic E-state index is 4.12. The molecule has 1 aliphatic carbocycles. The topological polar surface area (TPSA) is 12.0 Å². The minimum atomic E-state index is -1.68. The maximum Gasteiger partial charge on any atom is 0.134 e. The van der Waals surface area contributed by atoms with Gasteiger partial charge in [-0.25, -0.2) is 0 Å². The number of rotatable bonds is 9. The lowest BCUT2D eigenvalue weighted by molar-refractivity contribution is 0.504. The molecular weight excluding hydrogens is 318 g/mol. The van der Waals surface area contributed by atoms with Gasteiger partial charge in [-0.2, -0.15) is 0 Å². The number of fused-ring (bicyclic) bond motifs is 1. The average Bonchev–Trinajstić information content (AvgIpc) is 2.90. The first kappa shape index (κ1) is 20.2. The Balaban J connectivity index is 2.34. The van der Waals surface area contributed by atoms with Crippen LogP contribution in [0.1, 0.15) is 76.5 Å². The summed E-state index contributed by atoms with van der Waals surface area (Å²) in [4.78, 5) is 4.12. The Morgan fingerprint density at radius 1 is 1.20 bits per heavy atom. The standard InChI is InChI=1S/C23H37NSi/c1-7-9-10-13-17-25(6,24-23(3,4)5)22-18-19(14-8-2)20-15-11-12-16-21(20)22/h7,11-12,15-16,18,22,24H,1,8-10,13-14,17H2,2-6H3. The molecule has 2 rings (SSSR count). The van der Waals surface area contributed by atoms with Gasteiger partial charge < -0.3 is 4.98 Å². The summed E-state index contributed by atoms with van der Waals surface area (Å²) >= 11 is 0. The van der Waals surface area contributed by atoms with Gasteiger partial charge in [0.2, 0.25) is 0 Å². The number of unbranched alkanes of at least 4 members (excludes halogenated alkanes) is 2. The summed E-state index contributed by atoms with van der Waals surface area (Å²) < 4.78 is 0. The van der Waals surface area contributed by atoms with E-state index < -0.39 is 8.24 Å². The minimum Gasteiger partial charge on any atom is -0.332 e. The van der Waals surface area contributed by atoms with Crippen LogP contribution < -0.4 is 4.98 Å². The van der Waals surface area contributed by atoms with Crippen molar-refractivity contribution < 1.29 is 0 Å². The molecule has 2 heteroatoms. The Morgan fingerprint density at radius 2 is 1.92 bits per heavy atom. The van der Waals surface area contributed by atoms with Gasteiger partial charge in [0.25, 0.3) is 0 Å². The first-order valence-electron chi connectivity index (χ1n) is 10.0. The van der Waals surface area contributed by atoms with Crippen LogP contribution in [-0.2, 0) is 0 Å². The van der Waals surface area contributed by atoms with Crippen molar-refractivity contribution in [3.05, 3.63) is 54.1 Å². The average molecular weight is 356 g/mol. The van der Waals surface area contributed by atoms with Gasteiger partial charge in [-0.15, -0.1) is 6.58 Å². The van der Waals surface area contributed by atoms with Crippen molar-refractivity contribution >= 4 is 13.8 Å². The van der Waals surface area contributed by atoms with Crippen LogP contribution in [0.3, 0.4) is 0 Å². The smallest absolute Gasteiger partial charge is 0.134 e. The number of hydrogen-bond donors (Lipinski definition) is 1. The van der Waals surface area contributed by atoms with Crippen molar-refractivity contribution in [1.82, 2.24) is 4.98 Å². The Labute approximate surface area is 156 Å². The molecule has 2 atom stereocenters. The number of benzene rings is 1. The molecule has 2 unspecified atom stereocenters. The summed E-state index contributed by atoms with van der Waals surface area (Å²) in [5, 5.41) is 0. The number of nitrogens with one attached hydrogen (secondary N) is 1. The molecule has 0 heterocycles. The predicted molar refractivity (Wildman–Crippen MR) is 115 cm³/mol. The van der Waals surface area contributed by atoms with Crippen LogP contribution in [0.15, 0.2) is 43.0 Å². The molecule has 0 saturated carbocycles. The van der Waals surface area contributed by atoms with E-state index in [1.165, 1.54) is 37.3 Å². The molecule has 0 fully saturated rings. The Morgan fingerprint density at radius 3 is 2.56 bits per heavy atom. The molecular formula is C23H37NSi. The second-order valence-electron chi connectivity index (χ2n) is 8.83. The fourth-order valence-corrected chi connectivity index (χ4v) is 9.19. The molecule has 0 radical (unpaired) electrons. The summed E-state index contributed by atoms with van der Waals surface area (Å²) in [6, 6.07) is 10.5. The monoisotopic (exact) mass is 355 g/mol. The van der Waals surface area contributed by atoms with Gasteiger partial charge >= 0.3 is 0 Å². The zero-order valence-corrected chi connectivity index (χ0v) is 18.0. The molecule has 1 aliphatic rings. The maximum absolute atomic E-state index is 4.12. The van der Waals surface area contributed by atoms with E-state index in [0.717, 1.165) is 6.42 Å². The van der Waals surface area contributed by atoms with Crippen LogP contribution in [0.5, 0.6) is 0 Å². The quantitative estimate of drug-likeness (QED) is 0.291. The molecule has 0 spiro atoms. The normalized spacial score (nSPS) is 19.2. The molecule has 0 saturated heterocycles. The SMILES string of the molecule is C=CCCCC[Si](C)(NC(C)(C)C)C1C=C(CCC)c2ccccc21. The summed E-state index contributed by atoms with van der Waals surface area (Å²) in [5.74, 6) is 0. The fourth-order valence-electron chi connectivity index (χ4n) is 4.39. The fraction of sp³-hybridized carbons (Fsp3) is 0.565. The van der Waals surface area contributed by atoms with Gasteiger partial charge in [0, 0.05) is 11.1 Å². The highest BCUT2D eigenvalue weighted by atomic mass is 28.3. The summed E-state index contributed by atoms with van der Waals surface area (Å²) in [6.07, 6.45) is 10.8. The zero-order valence-electron chi connectivity index (χ0n) is 17.0. The Kier molecular flexibility index (Phi) is 6.87. The van der Waals surface area contributed by atoms with Crippen LogP contribution in [0.25, 0.3) is 5.57 Å². The van der Waals surface area contributed by atoms with E-state index in [-0.39, 0.29) is 5.54 Å². The highest BCUT2D eigenvalue weighted by Gasteiger charge is 2.42. The van der Waals surface area contributed by atoms with Crippen molar-refractivity contribution in [2.75, 3.05) is 0 Å². The molecule has 0 amide bonds. The second-order valence-corrected chi connectivity index (χ2v) is 13.0. The lowest BCUT2D eigenvalue weighted by Gasteiger charge is -2.40. The van der Waals surface area contributed by atoms with Crippen LogP contribution >= 0.6 is 0 Å². The number of allylic oxidation sites excluding steroid dienone is 3. The first-order valence-corrected chi connectivity index (χ1v) is 12.8. The Bertz CT molecular complexity index is 611. The third-order valence-electron chi connectivity index (χ3n) is 5.23. The van der Waals surface area contributed by atoms with Gasteiger partial charge in [-0.3, -0.25) is 0 Å². The van der Waals surface area contributed by atoms with Crippen molar-refractivity contribution in [3.63, 3.8) is 0 Å². The van der Waals surface area contributed by atoms with E-state index >= 15 is 0 Å². The van der Waals surface area contributed by atoms with Gasteiger partial charge in [-0.1, -0.05) is 69.2 Å². The molecule has 25 heavy (non-hydrogen) atoms. The van der Waals surface area contributed by atoms with Crippen molar-refractivity contribution in [3.8, 4) is 0 Å². The summed E-state index contributed by atoms with van der Waals surface area (Å²) in [5.41, 5.74) is 5.41. The van der Waals surface area contributed by atoms with E-state index in [0.29, 0.717) is 5.54 Å². The number of hydrogen-bond acceptors (Lipinski definition) is 1. The largest absolute Gasteiger partial charge is 0.332 e. The highest BCUT2D eigenvalue weighted by molar-refractivity contribution is 6.78. The molecule has 1 aromatic carbocycles. The third kappa shape index (κ3) is 5.18.